The molecule has 2 heterocycles. The van der Waals surface area contributed by atoms with E-state index in [1.807, 2.05) is 16.7 Å². The van der Waals surface area contributed by atoms with E-state index in [4.69, 9.17) is 12.2 Å². The van der Waals surface area contributed by atoms with Gasteiger partial charge in [0, 0.05) is 43.7 Å². The van der Waals surface area contributed by atoms with Gasteiger partial charge < -0.3 is 10.2 Å². The highest BCUT2D eigenvalue weighted by Crippen LogP contribution is 2.29. The second kappa shape index (κ2) is 7.94. The van der Waals surface area contributed by atoms with E-state index in [1.165, 1.54) is 18.4 Å². The highest BCUT2D eigenvalue weighted by atomic mass is 32.1. The quantitative estimate of drug-likeness (QED) is 0.750. The summed E-state index contributed by atoms with van der Waals surface area (Å²) in [5, 5.41) is 10.4. The number of benzene rings is 1. The van der Waals surface area contributed by atoms with E-state index in [0.717, 1.165) is 43.4 Å². The summed E-state index contributed by atoms with van der Waals surface area (Å²) in [7, 11) is 0. The minimum absolute atomic E-state index is 0.0955. The smallest absolute Gasteiger partial charge is 0.222 e. The van der Waals surface area contributed by atoms with E-state index in [9.17, 15) is 4.79 Å². The largest absolute Gasteiger partial charge is 0.353 e. The lowest BCUT2D eigenvalue weighted by Gasteiger charge is -2.32. The van der Waals surface area contributed by atoms with Crippen LogP contribution in [0.3, 0.4) is 0 Å². The maximum Gasteiger partial charge on any atom is 0.222 e. The average molecular weight is 386 g/mol. The van der Waals surface area contributed by atoms with E-state index in [0.29, 0.717) is 23.8 Å². The molecule has 4 rings (SSSR count). The van der Waals surface area contributed by atoms with Crippen molar-refractivity contribution in [2.45, 2.75) is 57.7 Å². The van der Waals surface area contributed by atoms with Gasteiger partial charge in [-0.15, -0.1) is 0 Å². The Labute approximate surface area is 165 Å². The summed E-state index contributed by atoms with van der Waals surface area (Å²) in [4.78, 5) is 15.0. The molecule has 2 aromatic rings. The van der Waals surface area contributed by atoms with Gasteiger partial charge in [0.1, 0.15) is 0 Å². The first-order valence-corrected chi connectivity index (χ1v) is 10.3. The van der Waals surface area contributed by atoms with Crippen molar-refractivity contribution in [3.8, 4) is 11.4 Å². The van der Waals surface area contributed by atoms with Crippen molar-refractivity contribution in [3.63, 3.8) is 0 Å². The van der Waals surface area contributed by atoms with Crippen LogP contribution in [0.25, 0.3) is 11.4 Å². The third kappa shape index (κ3) is 4.47. The molecule has 7 heteroatoms. The minimum atomic E-state index is 0.0955. The molecule has 27 heavy (non-hydrogen) atoms. The predicted octanol–water partition coefficient (Wildman–Crippen LogP) is 3.05. The number of hydrogen-bond donors (Lipinski definition) is 2. The normalized spacial score (nSPS) is 18.6. The van der Waals surface area contributed by atoms with Crippen molar-refractivity contribution < 1.29 is 4.79 Å². The lowest BCUT2D eigenvalue weighted by atomic mass is 10.0. The molecule has 2 fully saturated rings. The van der Waals surface area contributed by atoms with Crippen molar-refractivity contribution in [3.05, 3.63) is 34.6 Å². The topological polar surface area (TPSA) is 66.0 Å². The number of H-pyrrole nitrogens is 1. The van der Waals surface area contributed by atoms with E-state index in [2.05, 4.69) is 39.5 Å². The van der Waals surface area contributed by atoms with Gasteiger partial charge >= 0.3 is 0 Å². The first-order chi connectivity index (χ1) is 13.1. The number of rotatable bonds is 6. The van der Waals surface area contributed by atoms with Gasteiger partial charge in [-0.25, -0.2) is 0 Å². The Morgan fingerprint density at radius 3 is 2.78 bits per heavy atom. The number of piperidine rings is 1. The fourth-order valence-electron chi connectivity index (χ4n) is 3.89. The van der Waals surface area contributed by atoms with Crippen LogP contribution in [0.4, 0.5) is 0 Å². The van der Waals surface area contributed by atoms with Crippen LogP contribution >= 0.6 is 12.2 Å². The molecule has 1 saturated heterocycles. The molecule has 6 nitrogen and oxygen atoms in total. The van der Waals surface area contributed by atoms with Crippen molar-refractivity contribution in [2.24, 2.45) is 0 Å². The molecule has 2 aliphatic rings. The molecule has 144 valence electrons. The van der Waals surface area contributed by atoms with Crippen LogP contribution in [-0.4, -0.2) is 50.7 Å². The fourth-order valence-corrected chi connectivity index (χ4v) is 4.11. The average Bonchev–Trinajstić information content (AvgIpc) is 3.44. The third-order valence-corrected chi connectivity index (χ3v) is 5.87. The molecule has 2 N–H and O–H groups in total. The van der Waals surface area contributed by atoms with Crippen molar-refractivity contribution >= 4 is 18.1 Å². The van der Waals surface area contributed by atoms with Crippen LogP contribution in [0.5, 0.6) is 0 Å². The van der Waals surface area contributed by atoms with Crippen molar-refractivity contribution in [1.29, 1.82) is 0 Å². The molecule has 1 saturated carbocycles. The van der Waals surface area contributed by atoms with E-state index in [-0.39, 0.29) is 5.91 Å². The van der Waals surface area contributed by atoms with Crippen LogP contribution in [0.2, 0.25) is 0 Å². The maximum absolute atomic E-state index is 12.4. The maximum atomic E-state index is 12.4. The van der Waals surface area contributed by atoms with Gasteiger partial charge in [0.25, 0.3) is 0 Å². The zero-order chi connectivity index (χ0) is 18.8. The Bertz CT molecular complexity index is 861. The standard InChI is InChI=1S/C20H27N5OS/c1-14-3-2-4-15(13-14)19-22-23-20(27)25(19)12-9-18(26)21-16-7-10-24(11-8-16)17-5-6-17/h2-4,13,16-17H,5-12H2,1H3,(H,21,26)(H,23,27). The fraction of sp³-hybridized carbons (Fsp3) is 0.550. The molecular weight excluding hydrogens is 358 g/mol. The molecule has 1 aliphatic carbocycles. The predicted molar refractivity (Wildman–Crippen MR) is 108 cm³/mol. The van der Waals surface area contributed by atoms with E-state index >= 15 is 0 Å². The van der Waals surface area contributed by atoms with Crippen LogP contribution in [-0.2, 0) is 11.3 Å². The monoisotopic (exact) mass is 385 g/mol. The number of hydrogen-bond acceptors (Lipinski definition) is 4. The number of nitrogens with one attached hydrogen (secondary N) is 2. The van der Waals surface area contributed by atoms with E-state index < -0.39 is 0 Å². The number of aryl methyl sites for hydroxylation is 1. The van der Waals surface area contributed by atoms with Crippen LogP contribution in [0.1, 0.15) is 37.7 Å². The second-order valence-corrected chi connectivity index (χ2v) is 8.12. The van der Waals surface area contributed by atoms with Gasteiger partial charge in [0.2, 0.25) is 5.91 Å². The third-order valence-electron chi connectivity index (χ3n) is 5.55. The summed E-state index contributed by atoms with van der Waals surface area (Å²) < 4.78 is 2.47. The Morgan fingerprint density at radius 2 is 2.07 bits per heavy atom. The first-order valence-electron chi connectivity index (χ1n) is 9.86. The van der Waals surface area contributed by atoms with Gasteiger partial charge in [0.05, 0.1) is 0 Å². The number of likely N-dealkylation sites (tertiary alicyclic amines) is 1. The summed E-state index contributed by atoms with van der Waals surface area (Å²) >= 11 is 5.37. The van der Waals surface area contributed by atoms with Crippen LogP contribution in [0, 0.1) is 11.7 Å². The van der Waals surface area contributed by atoms with Crippen molar-refractivity contribution in [2.75, 3.05) is 13.1 Å². The molecule has 0 unspecified atom stereocenters. The highest BCUT2D eigenvalue weighted by molar-refractivity contribution is 7.71. The lowest BCUT2D eigenvalue weighted by Crippen LogP contribution is -2.45. The van der Waals surface area contributed by atoms with Gasteiger partial charge in [-0.2, -0.15) is 5.10 Å². The SMILES string of the molecule is Cc1cccc(-c2n[nH]c(=S)n2CCC(=O)NC2CCN(C3CC3)CC2)c1. The number of aromatic nitrogens is 3. The summed E-state index contributed by atoms with van der Waals surface area (Å²) in [5.41, 5.74) is 2.18. The van der Waals surface area contributed by atoms with E-state index in [1.54, 1.807) is 0 Å². The van der Waals surface area contributed by atoms with Gasteiger partial charge in [-0.3, -0.25) is 14.5 Å². The Balaban J connectivity index is 1.33. The van der Waals surface area contributed by atoms with Gasteiger partial charge in [-0.1, -0.05) is 23.8 Å². The molecule has 1 amide bonds. The number of amides is 1. The lowest BCUT2D eigenvalue weighted by molar-refractivity contribution is -0.122. The van der Waals surface area contributed by atoms with Crippen LogP contribution in [0.15, 0.2) is 24.3 Å². The molecule has 0 atom stereocenters. The molecule has 1 aromatic carbocycles. The molecule has 0 bridgehead atoms. The Morgan fingerprint density at radius 1 is 1.30 bits per heavy atom. The zero-order valence-corrected chi connectivity index (χ0v) is 16.6. The molecule has 1 aliphatic heterocycles. The zero-order valence-electron chi connectivity index (χ0n) is 15.8. The molecular formula is C20H27N5OS. The second-order valence-electron chi connectivity index (χ2n) is 7.73. The number of carbonyl (C=O) groups is 1. The van der Waals surface area contributed by atoms with Gasteiger partial charge in [0.15, 0.2) is 10.6 Å². The molecule has 0 spiro atoms. The number of aromatic amines is 1. The number of nitrogens with zero attached hydrogens (tertiary/aromatic N) is 3. The first kappa shape index (κ1) is 18.4. The van der Waals surface area contributed by atoms with Gasteiger partial charge in [-0.05, 0) is 50.9 Å². The summed E-state index contributed by atoms with van der Waals surface area (Å²) in [5.74, 6) is 0.882. The summed E-state index contributed by atoms with van der Waals surface area (Å²) in [6, 6.07) is 9.28. The molecule has 1 aromatic heterocycles. The highest BCUT2D eigenvalue weighted by Gasteiger charge is 2.32. The summed E-state index contributed by atoms with van der Waals surface area (Å²) in [6.45, 7) is 4.81. The Kier molecular flexibility index (Phi) is 5.41. The van der Waals surface area contributed by atoms with Crippen LogP contribution < -0.4 is 5.32 Å². The number of carbonyl (C=O) groups excluding carboxylic acids is 1. The summed E-state index contributed by atoms with van der Waals surface area (Å²) in [6.07, 6.45) is 5.23. The minimum Gasteiger partial charge on any atom is -0.353 e. The van der Waals surface area contributed by atoms with Crippen molar-refractivity contribution in [1.82, 2.24) is 25.0 Å². The Hall–Kier alpha value is -1.99. The molecule has 0 radical (unpaired) electrons.